The van der Waals surface area contributed by atoms with Crippen LogP contribution in [0.5, 0.6) is 0 Å². The molecule has 3 aliphatic rings. The van der Waals surface area contributed by atoms with Gasteiger partial charge in [-0.15, -0.1) is 0 Å². The highest BCUT2D eigenvalue weighted by Gasteiger charge is 2.37. The van der Waals surface area contributed by atoms with Gasteiger partial charge in [0.2, 0.25) is 5.91 Å². The van der Waals surface area contributed by atoms with Gasteiger partial charge in [-0.3, -0.25) is 9.69 Å². The number of thioether (sulfide) groups is 1. The first-order valence-corrected chi connectivity index (χ1v) is 8.35. The van der Waals surface area contributed by atoms with E-state index in [9.17, 15) is 4.79 Å². The molecule has 0 saturated carbocycles. The minimum absolute atomic E-state index is 0.0291. The Balaban J connectivity index is 1.54. The van der Waals surface area contributed by atoms with Gasteiger partial charge < -0.3 is 10.6 Å². The van der Waals surface area contributed by atoms with Crippen LogP contribution in [0, 0.1) is 0 Å². The standard InChI is InChI=1S/C13H23N3OS/c17-13(11-9-18-8-5-14-11)15-10-4-7-16-6-2-1-3-12(10)16/h10-12,14H,1-9H2,(H,15,17). The average molecular weight is 269 g/mol. The average Bonchev–Trinajstić information content (AvgIpc) is 2.83. The molecule has 3 atom stereocenters. The normalized spacial score (nSPS) is 37.2. The van der Waals surface area contributed by atoms with Crippen LogP contribution in [0.3, 0.4) is 0 Å². The van der Waals surface area contributed by atoms with Crippen LogP contribution >= 0.6 is 11.8 Å². The molecule has 102 valence electrons. The Labute approximate surface area is 113 Å². The van der Waals surface area contributed by atoms with Crippen molar-refractivity contribution in [2.24, 2.45) is 0 Å². The number of nitrogens with zero attached hydrogens (tertiary/aromatic N) is 1. The predicted molar refractivity (Wildman–Crippen MR) is 74.9 cm³/mol. The summed E-state index contributed by atoms with van der Waals surface area (Å²) in [5.74, 6) is 2.27. The summed E-state index contributed by atoms with van der Waals surface area (Å²) in [6, 6.07) is 1.03. The van der Waals surface area contributed by atoms with Crippen molar-refractivity contribution in [2.45, 2.75) is 43.8 Å². The van der Waals surface area contributed by atoms with E-state index in [0.717, 1.165) is 24.5 Å². The Morgan fingerprint density at radius 3 is 3.06 bits per heavy atom. The fraction of sp³-hybridized carbons (Fsp3) is 0.923. The van der Waals surface area contributed by atoms with Gasteiger partial charge in [-0.1, -0.05) is 6.42 Å². The smallest absolute Gasteiger partial charge is 0.238 e. The fourth-order valence-electron chi connectivity index (χ4n) is 3.43. The third-order valence-corrected chi connectivity index (χ3v) is 5.48. The molecule has 18 heavy (non-hydrogen) atoms. The molecule has 2 N–H and O–H groups in total. The Kier molecular flexibility index (Phi) is 4.11. The molecule has 1 amide bonds. The highest BCUT2D eigenvalue weighted by atomic mass is 32.2. The third kappa shape index (κ3) is 2.68. The molecule has 0 aromatic heterocycles. The lowest BCUT2D eigenvalue weighted by Gasteiger charge is -2.33. The number of carbonyl (C=O) groups is 1. The van der Waals surface area contributed by atoms with Gasteiger partial charge in [0.05, 0.1) is 6.04 Å². The van der Waals surface area contributed by atoms with Crippen molar-refractivity contribution in [3.8, 4) is 0 Å². The van der Waals surface area contributed by atoms with Crippen LogP contribution < -0.4 is 10.6 Å². The lowest BCUT2D eigenvalue weighted by Crippen LogP contribution is -2.54. The number of hydrogen-bond acceptors (Lipinski definition) is 4. The zero-order valence-corrected chi connectivity index (χ0v) is 11.7. The van der Waals surface area contributed by atoms with E-state index >= 15 is 0 Å². The summed E-state index contributed by atoms with van der Waals surface area (Å²) in [6.07, 6.45) is 5.05. The third-order valence-electron chi connectivity index (χ3n) is 4.42. The first-order valence-electron chi connectivity index (χ1n) is 7.20. The maximum atomic E-state index is 12.2. The Bertz CT molecular complexity index is 307. The molecule has 3 unspecified atom stereocenters. The van der Waals surface area contributed by atoms with Crippen LogP contribution in [0.25, 0.3) is 0 Å². The maximum absolute atomic E-state index is 12.2. The van der Waals surface area contributed by atoms with Gasteiger partial charge >= 0.3 is 0 Å². The highest BCUT2D eigenvalue weighted by Crippen LogP contribution is 2.27. The zero-order chi connectivity index (χ0) is 12.4. The predicted octanol–water partition coefficient (Wildman–Crippen LogP) is 0.434. The summed E-state index contributed by atoms with van der Waals surface area (Å²) >= 11 is 1.88. The number of hydrogen-bond donors (Lipinski definition) is 2. The minimum Gasteiger partial charge on any atom is -0.350 e. The van der Waals surface area contributed by atoms with Crippen molar-refractivity contribution in [3.05, 3.63) is 0 Å². The van der Waals surface area contributed by atoms with E-state index in [1.54, 1.807) is 0 Å². The van der Waals surface area contributed by atoms with Crippen LogP contribution in [0.1, 0.15) is 25.7 Å². The van der Waals surface area contributed by atoms with E-state index in [-0.39, 0.29) is 11.9 Å². The molecule has 3 aliphatic heterocycles. The molecule has 0 aromatic rings. The molecule has 3 heterocycles. The van der Waals surface area contributed by atoms with Crippen molar-refractivity contribution >= 4 is 17.7 Å². The second-order valence-corrected chi connectivity index (χ2v) is 6.73. The summed E-state index contributed by atoms with van der Waals surface area (Å²) in [6.45, 7) is 3.36. The molecule has 0 radical (unpaired) electrons. The zero-order valence-electron chi connectivity index (χ0n) is 10.9. The summed E-state index contributed by atoms with van der Waals surface area (Å²) in [5, 5.41) is 6.61. The van der Waals surface area contributed by atoms with Crippen molar-refractivity contribution in [1.82, 2.24) is 15.5 Å². The lowest BCUT2D eigenvalue weighted by atomic mass is 9.99. The molecule has 4 nitrogen and oxygen atoms in total. The van der Waals surface area contributed by atoms with E-state index in [0.29, 0.717) is 12.1 Å². The Morgan fingerprint density at radius 1 is 1.28 bits per heavy atom. The topological polar surface area (TPSA) is 44.4 Å². The van der Waals surface area contributed by atoms with E-state index in [1.807, 2.05) is 11.8 Å². The summed E-state index contributed by atoms with van der Waals surface area (Å²) in [5.41, 5.74) is 0. The van der Waals surface area contributed by atoms with Gasteiger partial charge in [-0.25, -0.2) is 0 Å². The molecule has 3 fully saturated rings. The quantitative estimate of drug-likeness (QED) is 0.763. The van der Waals surface area contributed by atoms with Crippen molar-refractivity contribution in [1.29, 1.82) is 0 Å². The molecular weight excluding hydrogens is 246 g/mol. The fourth-order valence-corrected chi connectivity index (χ4v) is 4.37. The van der Waals surface area contributed by atoms with Crippen LogP contribution in [-0.2, 0) is 4.79 Å². The number of rotatable bonds is 2. The molecule has 0 bridgehead atoms. The summed E-state index contributed by atoms with van der Waals surface area (Å²) in [4.78, 5) is 14.8. The molecule has 3 rings (SSSR count). The van der Waals surface area contributed by atoms with Gasteiger partial charge in [0.1, 0.15) is 0 Å². The van der Waals surface area contributed by atoms with Gasteiger partial charge in [0.25, 0.3) is 0 Å². The number of piperidine rings is 1. The number of fused-ring (bicyclic) bond motifs is 1. The largest absolute Gasteiger partial charge is 0.350 e. The SMILES string of the molecule is O=C(NC1CCN2CCCCC12)C1CSCCN1. The first kappa shape index (κ1) is 12.8. The molecule has 0 spiro atoms. The summed E-state index contributed by atoms with van der Waals surface area (Å²) in [7, 11) is 0. The number of amides is 1. The van der Waals surface area contributed by atoms with Gasteiger partial charge in [-0.05, 0) is 25.8 Å². The van der Waals surface area contributed by atoms with Crippen molar-refractivity contribution < 1.29 is 4.79 Å². The first-order chi connectivity index (χ1) is 8.84. The van der Waals surface area contributed by atoms with Crippen LogP contribution in [0.4, 0.5) is 0 Å². The van der Waals surface area contributed by atoms with Gasteiger partial charge in [-0.2, -0.15) is 11.8 Å². The molecule has 5 heteroatoms. The number of carbonyl (C=O) groups excluding carboxylic acids is 1. The minimum atomic E-state index is 0.0291. The molecule has 3 saturated heterocycles. The second kappa shape index (κ2) is 5.80. The Hall–Kier alpha value is -0.260. The van der Waals surface area contributed by atoms with E-state index < -0.39 is 0 Å². The molecule has 0 aromatic carbocycles. The van der Waals surface area contributed by atoms with E-state index in [1.165, 1.54) is 32.4 Å². The Morgan fingerprint density at radius 2 is 2.22 bits per heavy atom. The highest BCUT2D eigenvalue weighted by molar-refractivity contribution is 7.99. The van der Waals surface area contributed by atoms with Gasteiger partial charge in [0.15, 0.2) is 0 Å². The summed E-state index contributed by atoms with van der Waals surface area (Å²) < 4.78 is 0. The molecule has 0 aliphatic carbocycles. The van der Waals surface area contributed by atoms with Crippen molar-refractivity contribution in [3.63, 3.8) is 0 Å². The number of nitrogens with one attached hydrogen (secondary N) is 2. The van der Waals surface area contributed by atoms with Crippen molar-refractivity contribution in [2.75, 3.05) is 31.1 Å². The maximum Gasteiger partial charge on any atom is 0.238 e. The van der Waals surface area contributed by atoms with Crippen LogP contribution in [0.15, 0.2) is 0 Å². The van der Waals surface area contributed by atoms with Crippen LogP contribution in [0.2, 0.25) is 0 Å². The van der Waals surface area contributed by atoms with E-state index in [4.69, 9.17) is 0 Å². The monoisotopic (exact) mass is 269 g/mol. The second-order valence-electron chi connectivity index (χ2n) is 5.58. The van der Waals surface area contributed by atoms with E-state index in [2.05, 4.69) is 15.5 Å². The van der Waals surface area contributed by atoms with Crippen LogP contribution in [-0.4, -0.2) is 60.1 Å². The lowest BCUT2D eigenvalue weighted by molar-refractivity contribution is -0.123. The molecular formula is C13H23N3OS. The van der Waals surface area contributed by atoms with Gasteiger partial charge in [0, 0.05) is 36.7 Å².